The number of carbonyl (C=O) groups excluding carboxylic acids is 1. The number of hydrogen-bond acceptors (Lipinski definition) is 4. The van der Waals surface area contributed by atoms with Crippen molar-refractivity contribution in [2.75, 3.05) is 18.1 Å². The van der Waals surface area contributed by atoms with Gasteiger partial charge in [0.05, 0.1) is 18.0 Å². The third-order valence-electron chi connectivity index (χ3n) is 4.07. The lowest BCUT2D eigenvalue weighted by molar-refractivity contribution is -0.132. The minimum Gasteiger partial charge on any atom is -0.478 e. The van der Waals surface area contributed by atoms with Crippen LogP contribution in [-0.2, 0) is 11.2 Å². The first-order valence-electron chi connectivity index (χ1n) is 7.80. The van der Waals surface area contributed by atoms with Crippen LogP contribution in [0, 0.1) is 6.92 Å². The first-order valence-corrected chi connectivity index (χ1v) is 8.96. The van der Waals surface area contributed by atoms with E-state index < -0.39 is 5.97 Å². The first kappa shape index (κ1) is 16.6. The van der Waals surface area contributed by atoms with Crippen molar-refractivity contribution in [2.45, 2.75) is 19.4 Å². The summed E-state index contributed by atoms with van der Waals surface area (Å²) in [5.74, 6) is 2.37. The fourth-order valence-electron chi connectivity index (χ4n) is 2.86. The molecule has 0 radical (unpaired) electrons. The number of thioether (sulfide) groups is 1. The number of aryl methyl sites for hydroxylation is 1. The molecule has 0 bridgehead atoms. The summed E-state index contributed by atoms with van der Waals surface area (Å²) in [6.45, 7) is 2.57. The van der Waals surface area contributed by atoms with Crippen LogP contribution in [0.25, 0.3) is 0 Å². The van der Waals surface area contributed by atoms with Gasteiger partial charge in [-0.3, -0.25) is 4.79 Å². The molecule has 1 saturated heterocycles. The Morgan fingerprint density at radius 3 is 2.88 bits per heavy atom. The van der Waals surface area contributed by atoms with E-state index >= 15 is 0 Å². The molecule has 5 nitrogen and oxygen atoms in total. The summed E-state index contributed by atoms with van der Waals surface area (Å²) in [5.41, 5.74) is 0.917. The quantitative estimate of drug-likeness (QED) is 0.922. The van der Waals surface area contributed by atoms with Crippen molar-refractivity contribution in [1.29, 1.82) is 0 Å². The van der Waals surface area contributed by atoms with Crippen molar-refractivity contribution in [3.8, 4) is 0 Å². The van der Waals surface area contributed by atoms with Crippen LogP contribution >= 0.6 is 11.8 Å². The molecule has 0 spiro atoms. The lowest BCUT2D eigenvalue weighted by Gasteiger charge is -2.34. The van der Waals surface area contributed by atoms with Crippen LogP contribution in [0.4, 0.5) is 0 Å². The minimum absolute atomic E-state index is 0.00288. The Bertz CT molecular complexity index is 755. The molecule has 24 heavy (non-hydrogen) atoms. The highest BCUT2D eigenvalue weighted by Crippen LogP contribution is 2.31. The number of nitrogens with zero attached hydrogens (tertiary/aromatic N) is 1. The summed E-state index contributed by atoms with van der Waals surface area (Å²) in [4.78, 5) is 25.7. The lowest BCUT2D eigenvalue weighted by Crippen LogP contribution is -2.41. The topological polar surface area (TPSA) is 70.8 Å². The van der Waals surface area contributed by atoms with Gasteiger partial charge in [0.25, 0.3) is 0 Å². The molecule has 1 aliphatic rings. The molecule has 1 aromatic carbocycles. The Hall–Kier alpha value is -2.21. The van der Waals surface area contributed by atoms with Crippen LogP contribution in [0.15, 0.2) is 40.8 Å². The second kappa shape index (κ2) is 7.13. The number of carboxylic acid groups (broad SMARTS) is 1. The molecule has 1 fully saturated rings. The summed E-state index contributed by atoms with van der Waals surface area (Å²) in [6, 6.07) is 10.3. The molecule has 0 saturated carbocycles. The van der Waals surface area contributed by atoms with Crippen LogP contribution < -0.4 is 0 Å². The van der Waals surface area contributed by atoms with Gasteiger partial charge >= 0.3 is 5.97 Å². The van der Waals surface area contributed by atoms with Gasteiger partial charge < -0.3 is 14.4 Å². The average Bonchev–Trinajstić information content (AvgIpc) is 3.01. The van der Waals surface area contributed by atoms with Crippen molar-refractivity contribution in [2.24, 2.45) is 0 Å². The maximum atomic E-state index is 12.8. The van der Waals surface area contributed by atoms with E-state index in [2.05, 4.69) is 0 Å². The fourth-order valence-corrected chi connectivity index (χ4v) is 3.92. The van der Waals surface area contributed by atoms with E-state index in [0.29, 0.717) is 12.1 Å². The summed E-state index contributed by atoms with van der Waals surface area (Å²) in [7, 11) is 0. The maximum absolute atomic E-state index is 12.8. The molecule has 1 aromatic heterocycles. The Labute approximate surface area is 144 Å². The molecule has 2 heterocycles. The lowest BCUT2D eigenvalue weighted by atomic mass is 10.1. The van der Waals surface area contributed by atoms with Crippen LogP contribution in [0.2, 0.25) is 0 Å². The molecule has 1 amide bonds. The molecule has 1 N–H and O–H groups in total. The minimum atomic E-state index is -0.984. The van der Waals surface area contributed by atoms with Crippen LogP contribution in [-0.4, -0.2) is 39.9 Å². The highest BCUT2D eigenvalue weighted by Gasteiger charge is 2.30. The van der Waals surface area contributed by atoms with E-state index in [1.54, 1.807) is 18.2 Å². The Balaban J connectivity index is 1.77. The summed E-state index contributed by atoms with van der Waals surface area (Å²) in [5, 5.41) is 9.07. The van der Waals surface area contributed by atoms with Crippen LogP contribution in [0.5, 0.6) is 0 Å². The zero-order chi connectivity index (χ0) is 17.1. The van der Waals surface area contributed by atoms with Crippen molar-refractivity contribution < 1.29 is 19.1 Å². The number of benzene rings is 1. The maximum Gasteiger partial charge on any atom is 0.335 e. The van der Waals surface area contributed by atoms with Gasteiger partial charge in [-0.2, -0.15) is 11.8 Å². The van der Waals surface area contributed by atoms with Gasteiger partial charge in [-0.15, -0.1) is 0 Å². The van der Waals surface area contributed by atoms with Gasteiger partial charge in [-0.25, -0.2) is 4.79 Å². The van der Waals surface area contributed by atoms with E-state index in [-0.39, 0.29) is 23.9 Å². The number of aromatic carboxylic acids is 1. The molecular weight excluding hydrogens is 326 g/mol. The molecule has 1 atom stereocenters. The van der Waals surface area contributed by atoms with E-state index in [9.17, 15) is 9.59 Å². The van der Waals surface area contributed by atoms with Crippen LogP contribution in [0.1, 0.15) is 33.5 Å². The number of amides is 1. The number of carboxylic acids is 1. The molecular formula is C18H19NO4S. The van der Waals surface area contributed by atoms with Gasteiger partial charge in [-0.05, 0) is 36.8 Å². The van der Waals surface area contributed by atoms with E-state index in [1.807, 2.05) is 35.7 Å². The second-order valence-corrected chi connectivity index (χ2v) is 6.96. The van der Waals surface area contributed by atoms with Gasteiger partial charge in [0.1, 0.15) is 11.5 Å². The Kier molecular flexibility index (Phi) is 4.94. The van der Waals surface area contributed by atoms with E-state index in [4.69, 9.17) is 9.52 Å². The standard InChI is InChI=1S/C18H19NO4S/c1-12-5-6-16(23-12)15-11-24-8-7-19(15)17(20)10-13-3-2-4-14(9-13)18(21)22/h2-6,9,15H,7-8,10-11H2,1H3,(H,21,22). The fraction of sp³-hybridized carbons (Fsp3) is 0.333. The highest BCUT2D eigenvalue weighted by molar-refractivity contribution is 7.99. The van der Waals surface area contributed by atoms with Gasteiger partial charge in [-0.1, -0.05) is 12.1 Å². The predicted octanol–water partition coefficient (Wildman–Crippen LogP) is 3.15. The van der Waals surface area contributed by atoms with E-state index in [0.717, 1.165) is 23.0 Å². The normalized spacial score (nSPS) is 17.7. The summed E-state index contributed by atoms with van der Waals surface area (Å²) in [6.07, 6.45) is 0.196. The van der Waals surface area contributed by atoms with Crippen molar-refractivity contribution in [3.05, 3.63) is 59.0 Å². The second-order valence-electron chi connectivity index (χ2n) is 5.81. The molecule has 1 unspecified atom stereocenters. The van der Waals surface area contributed by atoms with E-state index in [1.165, 1.54) is 6.07 Å². The Morgan fingerprint density at radius 2 is 2.17 bits per heavy atom. The van der Waals surface area contributed by atoms with Gasteiger partial charge in [0.15, 0.2) is 0 Å². The summed E-state index contributed by atoms with van der Waals surface area (Å²) >= 11 is 1.81. The number of carbonyl (C=O) groups is 2. The molecule has 2 aromatic rings. The predicted molar refractivity (Wildman–Crippen MR) is 92.3 cm³/mol. The molecule has 6 heteroatoms. The van der Waals surface area contributed by atoms with Gasteiger partial charge in [0, 0.05) is 18.1 Å². The molecule has 126 valence electrons. The van der Waals surface area contributed by atoms with Crippen LogP contribution in [0.3, 0.4) is 0 Å². The zero-order valence-corrected chi connectivity index (χ0v) is 14.2. The number of hydrogen-bond donors (Lipinski definition) is 1. The monoisotopic (exact) mass is 345 g/mol. The van der Waals surface area contributed by atoms with Crippen molar-refractivity contribution >= 4 is 23.6 Å². The zero-order valence-electron chi connectivity index (χ0n) is 13.4. The third-order valence-corrected chi connectivity index (χ3v) is 5.09. The average molecular weight is 345 g/mol. The molecule has 3 rings (SSSR count). The molecule has 0 aliphatic carbocycles. The van der Waals surface area contributed by atoms with Crippen molar-refractivity contribution in [1.82, 2.24) is 4.90 Å². The number of furan rings is 1. The first-order chi connectivity index (χ1) is 11.5. The largest absolute Gasteiger partial charge is 0.478 e. The smallest absolute Gasteiger partial charge is 0.335 e. The van der Waals surface area contributed by atoms with Gasteiger partial charge in [0.2, 0.25) is 5.91 Å². The third kappa shape index (κ3) is 3.64. The SMILES string of the molecule is Cc1ccc(C2CSCCN2C(=O)Cc2cccc(C(=O)O)c2)o1. The van der Waals surface area contributed by atoms with Crippen molar-refractivity contribution in [3.63, 3.8) is 0 Å². The Morgan fingerprint density at radius 1 is 1.33 bits per heavy atom. The highest BCUT2D eigenvalue weighted by atomic mass is 32.2. The summed E-state index contributed by atoms with van der Waals surface area (Å²) < 4.78 is 5.72. The molecule has 1 aliphatic heterocycles. The number of rotatable bonds is 4.